The molecule has 4 nitrogen and oxygen atoms in total. The maximum Gasteiger partial charge on any atom is 0.0738 e. The molecule has 4 aromatic carbocycles. The molecule has 3 N–H and O–H groups in total. The number of fused-ring (bicyclic) bond motifs is 7. The number of aromatic amines is 2. The smallest absolute Gasteiger partial charge is 0.0738 e. The van der Waals surface area contributed by atoms with Crippen molar-refractivity contribution in [1.82, 2.24) is 15.3 Å². The van der Waals surface area contributed by atoms with Crippen molar-refractivity contribution >= 4 is 91.7 Å². The number of aliphatic imine (C=N–C) groups is 1. The zero-order valence-electron chi connectivity index (χ0n) is 41.1. The summed E-state index contributed by atoms with van der Waals surface area (Å²) in [5.74, 6) is 0. The van der Waals surface area contributed by atoms with Crippen LogP contribution in [0.1, 0.15) is 139 Å². The predicted molar refractivity (Wildman–Crippen MR) is 302 cm³/mol. The first-order chi connectivity index (χ1) is 31.9. The van der Waals surface area contributed by atoms with Gasteiger partial charge in [-0.25, -0.2) is 4.99 Å². The van der Waals surface area contributed by atoms with E-state index in [1.165, 1.54) is 27.8 Å². The third-order valence-corrected chi connectivity index (χ3v) is 16.0. The molecule has 2 aromatic heterocycles. The number of hydrogen-bond donors (Lipinski definition) is 3. The predicted octanol–water partition coefficient (Wildman–Crippen LogP) is 15.8. The molecule has 9 rings (SSSR count). The average Bonchev–Trinajstić information content (AvgIpc) is 4.09. The Morgan fingerprint density at radius 2 is 0.912 bits per heavy atom. The monoisotopic (exact) mass is 1150 g/mol. The third-order valence-electron chi connectivity index (χ3n) is 13.3. The number of H-pyrrole nitrogens is 2. The highest BCUT2D eigenvalue weighted by molar-refractivity contribution is 9.11. The van der Waals surface area contributed by atoms with E-state index in [4.69, 9.17) is 4.99 Å². The van der Waals surface area contributed by atoms with Crippen molar-refractivity contribution in [2.24, 2.45) is 4.99 Å². The van der Waals surface area contributed by atoms with Gasteiger partial charge in [-0.2, -0.15) is 0 Å². The van der Waals surface area contributed by atoms with Crippen LogP contribution in [0, 0.1) is 0 Å². The molecular weight excluding hydrogens is 1100 g/mol. The minimum atomic E-state index is -0.182. The van der Waals surface area contributed by atoms with Crippen molar-refractivity contribution in [2.45, 2.75) is 111 Å². The van der Waals surface area contributed by atoms with Crippen LogP contribution in [0.4, 0.5) is 0 Å². The summed E-state index contributed by atoms with van der Waals surface area (Å²) in [6, 6.07) is 35.7. The maximum atomic E-state index is 5.67. The molecule has 348 valence electrons. The zero-order valence-corrected chi connectivity index (χ0v) is 47.4. The van der Waals surface area contributed by atoms with Gasteiger partial charge in [0.15, 0.2) is 0 Å². The first-order valence-corrected chi connectivity index (χ1v) is 26.6. The van der Waals surface area contributed by atoms with Crippen LogP contribution < -0.4 is 16.0 Å². The van der Waals surface area contributed by atoms with Crippen molar-refractivity contribution in [2.75, 3.05) is 0 Å². The Balaban J connectivity index is 1.45. The normalized spacial score (nSPS) is 20.3. The second kappa shape index (κ2) is 17.7. The van der Waals surface area contributed by atoms with Gasteiger partial charge in [-0.3, -0.25) is 0 Å². The van der Waals surface area contributed by atoms with Gasteiger partial charge in [0.25, 0.3) is 0 Å². The SMILES string of the molecule is CC(C)(C)c1cc(/C2=C3\C=CC(=N3)/C(c3c(Br)cccc3Br)=c3/cc/c([nH]3)=C(\c3cc(C(C)(C)C)cc(C(C)(C)C)c3)C3C=C/C(=C(\c4c(Br)cccc4Br)c4ccc2[nH]4)N3)cc(C(C)(C)C)c1. The molecule has 3 aliphatic rings. The molecule has 0 spiro atoms. The highest BCUT2D eigenvalue weighted by Gasteiger charge is 2.31. The van der Waals surface area contributed by atoms with E-state index in [0.717, 1.165) is 96.1 Å². The fraction of sp³-hybridized carbons (Fsp3) is 0.283. The lowest BCUT2D eigenvalue weighted by atomic mass is 9.78. The van der Waals surface area contributed by atoms with Gasteiger partial charge in [0, 0.05) is 79.1 Å². The van der Waals surface area contributed by atoms with E-state index < -0.39 is 0 Å². The minimum absolute atomic E-state index is 0.0731. The zero-order chi connectivity index (χ0) is 48.8. The summed E-state index contributed by atoms with van der Waals surface area (Å²) in [5.41, 5.74) is 18.2. The van der Waals surface area contributed by atoms with Crippen molar-refractivity contribution in [3.63, 3.8) is 0 Å². The number of hydrogen-bond acceptors (Lipinski definition) is 2. The van der Waals surface area contributed by atoms with E-state index in [1.807, 2.05) is 0 Å². The third kappa shape index (κ3) is 9.32. The van der Waals surface area contributed by atoms with Crippen molar-refractivity contribution in [3.05, 3.63) is 217 Å². The van der Waals surface area contributed by atoms with Crippen molar-refractivity contribution in [3.8, 4) is 0 Å². The van der Waals surface area contributed by atoms with Gasteiger partial charge in [0.1, 0.15) is 0 Å². The largest absolute Gasteiger partial charge is 0.374 e. The van der Waals surface area contributed by atoms with E-state index in [0.29, 0.717) is 0 Å². The van der Waals surface area contributed by atoms with Crippen molar-refractivity contribution < 1.29 is 0 Å². The van der Waals surface area contributed by atoms with Crippen LogP contribution in [0.5, 0.6) is 0 Å². The summed E-state index contributed by atoms with van der Waals surface area (Å²) in [6.07, 6.45) is 8.96. The van der Waals surface area contributed by atoms with Gasteiger partial charge in [-0.15, -0.1) is 0 Å². The topological polar surface area (TPSA) is 56.0 Å². The molecule has 0 aliphatic carbocycles. The Bertz CT molecular complexity index is 3230. The van der Waals surface area contributed by atoms with Gasteiger partial charge in [-0.05, 0) is 122 Å². The van der Waals surface area contributed by atoms with Gasteiger partial charge < -0.3 is 15.3 Å². The Labute approximate surface area is 436 Å². The molecule has 8 heteroatoms. The molecule has 1 atom stereocenters. The van der Waals surface area contributed by atoms with Gasteiger partial charge in [0.05, 0.1) is 17.5 Å². The summed E-state index contributed by atoms with van der Waals surface area (Å²) in [4.78, 5) is 13.7. The van der Waals surface area contributed by atoms with Gasteiger partial charge in [0.2, 0.25) is 0 Å². The molecule has 68 heavy (non-hydrogen) atoms. The summed E-state index contributed by atoms with van der Waals surface area (Å²) in [5, 5.41) is 6.10. The first-order valence-electron chi connectivity index (χ1n) is 23.4. The minimum Gasteiger partial charge on any atom is -0.374 e. The number of benzene rings is 4. The van der Waals surface area contributed by atoms with Crippen LogP contribution in [0.3, 0.4) is 0 Å². The Kier molecular flexibility index (Phi) is 12.7. The number of aromatic nitrogens is 2. The Hall–Kier alpha value is -4.47. The number of allylic oxidation sites excluding steroid dienone is 3. The fourth-order valence-electron chi connectivity index (χ4n) is 9.32. The van der Waals surface area contributed by atoms with Crippen LogP contribution in [0.25, 0.3) is 22.3 Å². The van der Waals surface area contributed by atoms with Crippen molar-refractivity contribution in [1.29, 1.82) is 0 Å². The molecule has 3 aliphatic heterocycles. The maximum absolute atomic E-state index is 5.67. The average molecular weight is 1160 g/mol. The van der Waals surface area contributed by atoms with Crippen LogP contribution >= 0.6 is 63.7 Å². The Morgan fingerprint density at radius 3 is 1.41 bits per heavy atom. The van der Waals surface area contributed by atoms with Crippen LogP contribution in [0.2, 0.25) is 0 Å². The molecule has 6 aromatic rings. The molecule has 8 bridgehead atoms. The fourth-order valence-corrected chi connectivity index (χ4v) is 12.1. The lowest BCUT2D eigenvalue weighted by molar-refractivity contribution is 0.567. The second-order valence-corrected chi connectivity index (χ2v) is 25.9. The number of nitrogens with zero attached hydrogens (tertiary/aromatic N) is 1. The van der Waals surface area contributed by atoms with E-state index in [1.54, 1.807) is 0 Å². The summed E-state index contributed by atoms with van der Waals surface area (Å²) in [6.45, 7) is 27.6. The summed E-state index contributed by atoms with van der Waals surface area (Å²) in [7, 11) is 0. The van der Waals surface area contributed by atoms with Crippen LogP contribution in [0.15, 0.2) is 156 Å². The first kappa shape index (κ1) is 48.5. The summed E-state index contributed by atoms with van der Waals surface area (Å²) < 4.78 is 3.93. The molecular formula is C60H60Br4N4. The molecule has 0 radical (unpaired) electrons. The highest BCUT2D eigenvalue weighted by Crippen LogP contribution is 2.43. The van der Waals surface area contributed by atoms with Crippen LogP contribution in [-0.2, 0) is 21.7 Å². The highest BCUT2D eigenvalue weighted by atomic mass is 79.9. The Morgan fingerprint density at radius 1 is 0.456 bits per heavy atom. The van der Waals surface area contributed by atoms with E-state index in [-0.39, 0.29) is 27.7 Å². The van der Waals surface area contributed by atoms with Crippen LogP contribution in [-0.4, -0.2) is 21.7 Å². The van der Waals surface area contributed by atoms with E-state index >= 15 is 0 Å². The molecule has 0 amide bonds. The molecule has 0 fully saturated rings. The lowest BCUT2D eigenvalue weighted by Crippen LogP contribution is -2.30. The number of rotatable bonds is 4. The standard InChI is InChI=1S/C60H60Br4N4/c1-57(2,3)35-27-33(28-36(31-35)58(4,5)6)51-43-19-23-47(65-43)55(53-39(61)15-13-16-40(53)62)49-25-21-45(67-49)52(34-29-37(59(7,8)9)32-38(30-34)60(10,11)12)46-22-26-50(68-46)56(48-24-20-44(51)66-48)54-41(63)17-14-18-42(54)64/h13-32,43,65-67H,1-12H3/b51-44-,52-46-,55-47+,56-48+. The van der Waals surface area contributed by atoms with Gasteiger partial charge in [-0.1, -0.05) is 201 Å². The molecule has 5 heterocycles. The molecule has 0 saturated heterocycles. The van der Waals surface area contributed by atoms with E-state index in [2.05, 4.69) is 283 Å². The summed E-state index contributed by atoms with van der Waals surface area (Å²) >= 11 is 16.0. The lowest BCUT2D eigenvalue weighted by Gasteiger charge is -2.28. The molecule has 0 saturated carbocycles. The molecule has 1 unspecified atom stereocenters. The van der Waals surface area contributed by atoms with E-state index in [9.17, 15) is 0 Å². The number of halogens is 4. The van der Waals surface area contributed by atoms with Gasteiger partial charge >= 0.3 is 0 Å². The second-order valence-electron chi connectivity index (χ2n) is 22.5. The quantitative estimate of drug-likeness (QED) is 0.162. The number of nitrogens with one attached hydrogen (secondary N) is 3.